The molecule has 0 saturated carbocycles. The van der Waals surface area contributed by atoms with Gasteiger partial charge in [-0.3, -0.25) is 0 Å². The van der Waals surface area contributed by atoms with Gasteiger partial charge in [-0.1, -0.05) is 13.0 Å². The van der Waals surface area contributed by atoms with Crippen LogP contribution in [0.4, 0.5) is 4.79 Å². The van der Waals surface area contributed by atoms with Crippen LogP contribution < -0.4 is 10.1 Å². The number of rotatable bonds is 4. The number of carbonyl (C=O) groups excluding carboxylic acids is 1. The van der Waals surface area contributed by atoms with Crippen LogP contribution in [0.3, 0.4) is 0 Å². The molecule has 2 aliphatic heterocycles. The number of hydrogen-bond donors (Lipinski definition) is 1. The van der Waals surface area contributed by atoms with Crippen LogP contribution in [-0.4, -0.2) is 42.8 Å². The van der Waals surface area contributed by atoms with Gasteiger partial charge in [0, 0.05) is 32.7 Å². The van der Waals surface area contributed by atoms with E-state index in [0.29, 0.717) is 0 Å². The molecular formula is C20H30N2O3. The molecule has 1 aromatic carbocycles. The van der Waals surface area contributed by atoms with Gasteiger partial charge in [-0.2, -0.15) is 0 Å². The summed E-state index contributed by atoms with van der Waals surface area (Å²) in [5.41, 5.74) is 2.24. The highest BCUT2D eigenvalue weighted by molar-refractivity contribution is 5.74. The zero-order chi connectivity index (χ0) is 18.0. The van der Waals surface area contributed by atoms with E-state index in [1.165, 1.54) is 5.56 Å². The quantitative estimate of drug-likeness (QED) is 0.905. The molecule has 1 atom stereocenters. The molecule has 5 nitrogen and oxygen atoms in total. The third kappa shape index (κ3) is 4.09. The second-order valence-electron chi connectivity index (χ2n) is 7.77. The Labute approximate surface area is 150 Å². The summed E-state index contributed by atoms with van der Waals surface area (Å²) in [7, 11) is 1.89. The lowest BCUT2D eigenvalue weighted by Gasteiger charge is -2.32. The molecule has 3 rings (SSSR count). The number of benzene rings is 1. The third-order valence-electron chi connectivity index (χ3n) is 5.25. The Morgan fingerprint density at radius 1 is 1.36 bits per heavy atom. The van der Waals surface area contributed by atoms with Gasteiger partial charge in [-0.15, -0.1) is 0 Å². The molecule has 1 saturated heterocycles. The molecule has 5 heteroatoms. The van der Waals surface area contributed by atoms with Gasteiger partial charge in [0.1, 0.15) is 11.4 Å². The van der Waals surface area contributed by atoms with Gasteiger partial charge in [0.25, 0.3) is 0 Å². The number of carbonyl (C=O) groups is 1. The maximum atomic E-state index is 12.7. The normalized spacial score (nSPS) is 20.5. The maximum absolute atomic E-state index is 12.7. The Bertz CT molecular complexity index is 623. The summed E-state index contributed by atoms with van der Waals surface area (Å²) in [6, 6.07) is 6.58. The summed E-state index contributed by atoms with van der Waals surface area (Å²) in [6.45, 7) is 7.79. The molecule has 1 fully saturated rings. The van der Waals surface area contributed by atoms with Crippen LogP contribution in [0.5, 0.6) is 5.75 Å². The summed E-state index contributed by atoms with van der Waals surface area (Å²) < 4.78 is 11.3. The smallest absolute Gasteiger partial charge is 0.317 e. The summed E-state index contributed by atoms with van der Waals surface area (Å²) >= 11 is 0. The zero-order valence-electron chi connectivity index (χ0n) is 15.8. The van der Waals surface area contributed by atoms with Gasteiger partial charge < -0.3 is 19.7 Å². The maximum Gasteiger partial charge on any atom is 0.317 e. The molecule has 25 heavy (non-hydrogen) atoms. The SMILES string of the molecule is CCC(NC(=O)N(C)C1CCOCC1)c1ccc2c(c1)CC(C)(C)O2. The van der Waals surface area contributed by atoms with Crippen LogP contribution in [0.15, 0.2) is 18.2 Å². The Hall–Kier alpha value is -1.75. The molecule has 0 bridgehead atoms. The zero-order valence-corrected chi connectivity index (χ0v) is 15.8. The van der Waals surface area contributed by atoms with Crippen LogP contribution in [0.1, 0.15) is 57.2 Å². The average molecular weight is 346 g/mol. The molecule has 0 aliphatic carbocycles. The minimum absolute atomic E-state index is 0.00386. The van der Waals surface area contributed by atoms with Crippen LogP contribution in [-0.2, 0) is 11.2 Å². The van der Waals surface area contributed by atoms with Crippen molar-refractivity contribution in [1.29, 1.82) is 0 Å². The topological polar surface area (TPSA) is 50.8 Å². The Morgan fingerprint density at radius 3 is 2.76 bits per heavy atom. The number of hydrogen-bond acceptors (Lipinski definition) is 3. The minimum Gasteiger partial charge on any atom is -0.487 e. The van der Waals surface area contributed by atoms with Crippen LogP contribution in [0.25, 0.3) is 0 Å². The average Bonchev–Trinajstić information content (AvgIpc) is 2.92. The van der Waals surface area contributed by atoms with Crippen LogP contribution >= 0.6 is 0 Å². The molecule has 2 amide bonds. The monoisotopic (exact) mass is 346 g/mol. The minimum atomic E-state index is -0.144. The molecule has 2 heterocycles. The van der Waals surface area contributed by atoms with E-state index in [0.717, 1.165) is 50.2 Å². The Kier molecular flexibility index (Phi) is 5.23. The second kappa shape index (κ2) is 7.24. The van der Waals surface area contributed by atoms with Crippen molar-refractivity contribution in [3.63, 3.8) is 0 Å². The highest BCUT2D eigenvalue weighted by atomic mass is 16.5. The number of amides is 2. The first-order chi connectivity index (χ1) is 11.9. The fourth-order valence-electron chi connectivity index (χ4n) is 3.76. The van der Waals surface area contributed by atoms with Gasteiger partial charge in [0.15, 0.2) is 0 Å². The number of nitrogens with zero attached hydrogens (tertiary/aromatic N) is 1. The second-order valence-corrected chi connectivity index (χ2v) is 7.77. The number of nitrogens with one attached hydrogen (secondary N) is 1. The molecule has 1 aromatic rings. The Morgan fingerprint density at radius 2 is 2.08 bits per heavy atom. The van der Waals surface area contributed by atoms with E-state index in [1.54, 1.807) is 0 Å². The van der Waals surface area contributed by atoms with Gasteiger partial charge in [0.05, 0.1) is 6.04 Å². The van der Waals surface area contributed by atoms with Crippen molar-refractivity contribution in [2.45, 2.75) is 64.1 Å². The van der Waals surface area contributed by atoms with Crippen molar-refractivity contribution in [1.82, 2.24) is 10.2 Å². The van der Waals surface area contributed by atoms with Crippen LogP contribution in [0, 0.1) is 0 Å². The molecule has 0 aromatic heterocycles. The van der Waals surface area contributed by atoms with E-state index in [1.807, 2.05) is 18.0 Å². The van der Waals surface area contributed by atoms with E-state index >= 15 is 0 Å². The first kappa shape index (κ1) is 18.1. The van der Waals surface area contributed by atoms with E-state index in [2.05, 4.69) is 38.2 Å². The number of ether oxygens (including phenoxy) is 2. The molecule has 1 unspecified atom stereocenters. The molecular weight excluding hydrogens is 316 g/mol. The largest absolute Gasteiger partial charge is 0.487 e. The fourth-order valence-corrected chi connectivity index (χ4v) is 3.76. The fraction of sp³-hybridized carbons (Fsp3) is 0.650. The summed E-state index contributed by atoms with van der Waals surface area (Å²) in [4.78, 5) is 14.5. The van der Waals surface area contributed by atoms with E-state index in [9.17, 15) is 4.79 Å². The highest BCUT2D eigenvalue weighted by Crippen LogP contribution is 2.36. The standard InChI is InChI=1S/C20H30N2O3/c1-5-17(21-19(23)22(4)16-8-10-24-11-9-16)14-6-7-18-15(12-14)13-20(2,3)25-18/h6-7,12,16-17H,5,8-11,13H2,1-4H3,(H,21,23). The van der Waals surface area contributed by atoms with Crippen molar-refractivity contribution in [2.24, 2.45) is 0 Å². The van der Waals surface area contributed by atoms with E-state index in [-0.39, 0.29) is 23.7 Å². The van der Waals surface area contributed by atoms with Crippen molar-refractivity contribution in [3.8, 4) is 5.75 Å². The Balaban J connectivity index is 1.67. The molecule has 1 N–H and O–H groups in total. The predicted octanol–water partition coefficient (Wildman–Crippen LogP) is 3.67. The van der Waals surface area contributed by atoms with Crippen molar-refractivity contribution in [3.05, 3.63) is 29.3 Å². The van der Waals surface area contributed by atoms with E-state index < -0.39 is 0 Å². The summed E-state index contributed by atoms with van der Waals surface area (Å²) in [5.74, 6) is 0.967. The first-order valence-corrected chi connectivity index (χ1v) is 9.32. The summed E-state index contributed by atoms with van der Waals surface area (Å²) in [5, 5.41) is 3.20. The van der Waals surface area contributed by atoms with E-state index in [4.69, 9.17) is 9.47 Å². The van der Waals surface area contributed by atoms with Crippen molar-refractivity contribution in [2.75, 3.05) is 20.3 Å². The lowest BCUT2D eigenvalue weighted by Crippen LogP contribution is -2.46. The van der Waals surface area contributed by atoms with Gasteiger partial charge in [-0.25, -0.2) is 4.79 Å². The highest BCUT2D eigenvalue weighted by Gasteiger charge is 2.31. The van der Waals surface area contributed by atoms with Gasteiger partial charge in [0.2, 0.25) is 0 Å². The lowest BCUT2D eigenvalue weighted by molar-refractivity contribution is 0.0521. The van der Waals surface area contributed by atoms with Crippen LogP contribution in [0.2, 0.25) is 0 Å². The molecule has 0 radical (unpaired) electrons. The third-order valence-corrected chi connectivity index (χ3v) is 5.25. The van der Waals surface area contributed by atoms with Crippen molar-refractivity contribution < 1.29 is 14.3 Å². The predicted molar refractivity (Wildman–Crippen MR) is 98.0 cm³/mol. The molecule has 0 spiro atoms. The summed E-state index contributed by atoms with van der Waals surface area (Å²) in [6.07, 6.45) is 3.58. The van der Waals surface area contributed by atoms with Crippen molar-refractivity contribution >= 4 is 6.03 Å². The lowest BCUT2D eigenvalue weighted by atomic mass is 9.97. The van der Waals surface area contributed by atoms with Gasteiger partial charge >= 0.3 is 6.03 Å². The molecule has 2 aliphatic rings. The first-order valence-electron chi connectivity index (χ1n) is 9.32. The number of urea groups is 1. The van der Waals surface area contributed by atoms with Gasteiger partial charge in [-0.05, 0) is 56.4 Å². The molecule has 138 valence electrons. The number of fused-ring (bicyclic) bond motifs is 1.